The maximum Gasteiger partial charge on any atom is 0.408 e. The van der Waals surface area contributed by atoms with Crippen molar-refractivity contribution in [3.8, 4) is 0 Å². The number of amides is 2. The number of alkyl carbamates (subject to hydrolysis) is 1. The molecule has 2 atom stereocenters. The van der Waals surface area contributed by atoms with Gasteiger partial charge in [0.15, 0.2) is 0 Å². The van der Waals surface area contributed by atoms with E-state index in [4.69, 9.17) is 4.74 Å². The number of nitrogens with zero attached hydrogens (tertiary/aromatic N) is 1. The summed E-state index contributed by atoms with van der Waals surface area (Å²) in [5.41, 5.74) is 2.18. The minimum absolute atomic E-state index is 0.0908. The monoisotopic (exact) mass is 423 g/mol. The third-order valence-electron chi connectivity index (χ3n) is 5.40. The van der Waals surface area contributed by atoms with Crippen LogP contribution in [0.4, 0.5) is 4.79 Å². The number of hydrogen-bond donors (Lipinski definition) is 2. The zero-order valence-corrected chi connectivity index (χ0v) is 18.4. The standard InChI is InChI=1S/C25H33N3O3/c1-19(2)15-23(27-25(30)31-18-21-11-7-4-8-12-21)24(29)26-22-13-14-28(17-22)16-20-9-5-3-6-10-20/h3-12,19,22-23H,13-18H2,1-2H3,(H,26,29)(H,27,30)/t22-,23-/m0/s1. The van der Waals surface area contributed by atoms with Crippen LogP contribution in [0.25, 0.3) is 0 Å². The normalized spacial score (nSPS) is 17.3. The van der Waals surface area contributed by atoms with Crippen LogP contribution in [0.2, 0.25) is 0 Å². The van der Waals surface area contributed by atoms with Crippen molar-refractivity contribution >= 4 is 12.0 Å². The van der Waals surface area contributed by atoms with E-state index in [1.807, 2.05) is 62.4 Å². The summed E-state index contributed by atoms with van der Waals surface area (Å²) in [5.74, 6) is 0.125. The first-order valence-corrected chi connectivity index (χ1v) is 11.0. The fourth-order valence-corrected chi connectivity index (χ4v) is 3.85. The number of ether oxygens (including phenoxy) is 1. The zero-order chi connectivity index (χ0) is 22.1. The fraction of sp³-hybridized carbons (Fsp3) is 0.440. The molecule has 0 aliphatic carbocycles. The van der Waals surface area contributed by atoms with Gasteiger partial charge in [0.05, 0.1) is 0 Å². The molecule has 2 aromatic carbocycles. The molecule has 0 saturated carbocycles. The van der Waals surface area contributed by atoms with E-state index in [1.165, 1.54) is 5.56 Å². The minimum Gasteiger partial charge on any atom is -0.445 e. The lowest BCUT2D eigenvalue weighted by Crippen LogP contribution is -2.50. The summed E-state index contributed by atoms with van der Waals surface area (Å²) in [5, 5.41) is 5.88. The molecule has 2 amide bonds. The second kappa shape index (κ2) is 11.5. The molecule has 0 radical (unpaired) electrons. The summed E-state index contributed by atoms with van der Waals surface area (Å²) < 4.78 is 5.31. The summed E-state index contributed by atoms with van der Waals surface area (Å²) in [4.78, 5) is 27.5. The van der Waals surface area contributed by atoms with Gasteiger partial charge in [-0.1, -0.05) is 74.5 Å². The van der Waals surface area contributed by atoms with E-state index in [-0.39, 0.29) is 24.5 Å². The molecule has 166 valence electrons. The van der Waals surface area contributed by atoms with E-state index in [9.17, 15) is 9.59 Å². The van der Waals surface area contributed by atoms with Gasteiger partial charge < -0.3 is 15.4 Å². The Hall–Kier alpha value is -2.86. The van der Waals surface area contributed by atoms with Gasteiger partial charge >= 0.3 is 6.09 Å². The molecule has 1 heterocycles. The number of likely N-dealkylation sites (tertiary alicyclic amines) is 1. The molecule has 6 nitrogen and oxygen atoms in total. The molecule has 1 fully saturated rings. The molecule has 1 aliphatic rings. The highest BCUT2D eigenvalue weighted by atomic mass is 16.5. The third kappa shape index (κ3) is 7.72. The number of rotatable bonds is 9. The van der Waals surface area contributed by atoms with Crippen molar-refractivity contribution in [1.82, 2.24) is 15.5 Å². The topological polar surface area (TPSA) is 70.7 Å². The van der Waals surface area contributed by atoms with Gasteiger partial charge in [0, 0.05) is 25.7 Å². The fourth-order valence-electron chi connectivity index (χ4n) is 3.85. The van der Waals surface area contributed by atoms with Crippen LogP contribution in [0.5, 0.6) is 0 Å². The Bertz CT molecular complexity index is 826. The highest BCUT2D eigenvalue weighted by molar-refractivity contribution is 5.85. The average molecular weight is 424 g/mol. The van der Waals surface area contributed by atoms with Crippen LogP contribution in [-0.4, -0.2) is 42.1 Å². The largest absolute Gasteiger partial charge is 0.445 e. The molecule has 2 aromatic rings. The number of carbonyl (C=O) groups excluding carboxylic acids is 2. The predicted molar refractivity (Wildman–Crippen MR) is 121 cm³/mol. The minimum atomic E-state index is -0.605. The van der Waals surface area contributed by atoms with Gasteiger partial charge in [-0.2, -0.15) is 0 Å². The van der Waals surface area contributed by atoms with E-state index >= 15 is 0 Å². The maximum absolute atomic E-state index is 12.9. The maximum atomic E-state index is 12.9. The Morgan fingerprint density at radius 2 is 1.68 bits per heavy atom. The zero-order valence-electron chi connectivity index (χ0n) is 18.4. The molecular formula is C25H33N3O3. The summed E-state index contributed by atoms with van der Waals surface area (Å²) >= 11 is 0. The Morgan fingerprint density at radius 3 is 2.32 bits per heavy atom. The smallest absolute Gasteiger partial charge is 0.408 e. The Labute approximate surface area is 185 Å². The molecule has 0 unspecified atom stereocenters. The van der Waals surface area contributed by atoms with Crippen LogP contribution < -0.4 is 10.6 Å². The van der Waals surface area contributed by atoms with Crippen LogP contribution in [0.15, 0.2) is 60.7 Å². The van der Waals surface area contributed by atoms with Gasteiger partial charge in [0.1, 0.15) is 12.6 Å². The van der Waals surface area contributed by atoms with Crippen LogP contribution in [0.1, 0.15) is 37.8 Å². The Kier molecular flexibility index (Phi) is 8.47. The molecule has 1 saturated heterocycles. The average Bonchev–Trinajstić information content (AvgIpc) is 3.19. The summed E-state index contributed by atoms with van der Waals surface area (Å²) in [6.45, 7) is 6.89. The van der Waals surface area contributed by atoms with E-state index in [0.717, 1.165) is 31.6 Å². The molecule has 31 heavy (non-hydrogen) atoms. The van der Waals surface area contributed by atoms with Crippen molar-refractivity contribution in [2.45, 2.75) is 51.9 Å². The second-order valence-electron chi connectivity index (χ2n) is 8.60. The first-order chi connectivity index (χ1) is 15.0. The molecule has 3 rings (SSSR count). The lowest BCUT2D eigenvalue weighted by molar-refractivity contribution is -0.124. The molecule has 0 aromatic heterocycles. The SMILES string of the molecule is CC(C)C[C@H](NC(=O)OCc1ccccc1)C(=O)N[C@H]1CCN(Cc2ccccc2)C1. The molecule has 0 spiro atoms. The Balaban J connectivity index is 1.48. The molecule has 1 aliphatic heterocycles. The van der Waals surface area contributed by atoms with Gasteiger partial charge in [-0.15, -0.1) is 0 Å². The lowest BCUT2D eigenvalue weighted by atomic mass is 10.0. The van der Waals surface area contributed by atoms with Crippen LogP contribution in [-0.2, 0) is 22.7 Å². The van der Waals surface area contributed by atoms with Crippen molar-refractivity contribution in [3.63, 3.8) is 0 Å². The number of hydrogen-bond acceptors (Lipinski definition) is 4. The first-order valence-electron chi connectivity index (χ1n) is 11.0. The van der Waals surface area contributed by atoms with Crippen molar-refractivity contribution in [2.75, 3.05) is 13.1 Å². The molecule has 0 bridgehead atoms. The Morgan fingerprint density at radius 1 is 1.03 bits per heavy atom. The van der Waals surface area contributed by atoms with Gasteiger partial charge in [-0.25, -0.2) is 4.79 Å². The lowest BCUT2D eigenvalue weighted by Gasteiger charge is -2.22. The predicted octanol–water partition coefficient (Wildman–Crippen LogP) is 3.72. The molecule has 2 N–H and O–H groups in total. The van der Waals surface area contributed by atoms with Crippen molar-refractivity contribution in [3.05, 3.63) is 71.8 Å². The van der Waals surface area contributed by atoms with Crippen LogP contribution >= 0.6 is 0 Å². The van der Waals surface area contributed by atoms with Gasteiger partial charge in [0.2, 0.25) is 5.91 Å². The first kappa shape index (κ1) is 22.8. The molecular weight excluding hydrogens is 390 g/mol. The van der Waals surface area contributed by atoms with Gasteiger partial charge in [0.25, 0.3) is 0 Å². The van der Waals surface area contributed by atoms with Crippen LogP contribution in [0, 0.1) is 5.92 Å². The second-order valence-corrected chi connectivity index (χ2v) is 8.60. The number of carbonyl (C=O) groups is 2. The number of benzene rings is 2. The van der Waals surface area contributed by atoms with Crippen LogP contribution in [0.3, 0.4) is 0 Å². The van der Waals surface area contributed by atoms with E-state index in [0.29, 0.717) is 6.42 Å². The summed E-state index contributed by atoms with van der Waals surface area (Å²) in [6.07, 6.45) is 0.903. The summed E-state index contributed by atoms with van der Waals surface area (Å²) in [7, 11) is 0. The van der Waals surface area contributed by atoms with E-state index in [1.54, 1.807) is 0 Å². The van der Waals surface area contributed by atoms with Gasteiger partial charge in [-0.05, 0) is 29.9 Å². The van der Waals surface area contributed by atoms with Crippen molar-refractivity contribution in [1.29, 1.82) is 0 Å². The van der Waals surface area contributed by atoms with E-state index in [2.05, 4.69) is 27.7 Å². The third-order valence-corrected chi connectivity index (χ3v) is 5.40. The summed E-state index contributed by atoms with van der Waals surface area (Å²) in [6, 6.07) is 19.3. The highest BCUT2D eigenvalue weighted by Crippen LogP contribution is 2.14. The van der Waals surface area contributed by atoms with Crippen molar-refractivity contribution < 1.29 is 14.3 Å². The van der Waals surface area contributed by atoms with Crippen molar-refractivity contribution in [2.24, 2.45) is 5.92 Å². The molecule has 6 heteroatoms. The van der Waals surface area contributed by atoms with E-state index < -0.39 is 12.1 Å². The quantitative estimate of drug-likeness (QED) is 0.645. The highest BCUT2D eigenvalue weighted by Gasteiger charge is 2.28. The van der Waals surface area contributed by atoms with Gasteiger partial charge in [-0.3, -0.25) is 9.69 Å². The number of nitrogens with one attached hydrogen (secondary N) is 2.